The van der Waals surface area contributed by atoms with Gasteiger partial charge in [-0.3, -0.25) is 4.79 Å². The quantitative estimate of drug-likeness (QED) is 0.573. The van der Waals surface area contributed by atoms with Crippen molar-refractivity contribution in [1.29, 1.82) is 0 Å². The smallest absolute Gasteiger partial charge is 0.362 e. The van der Waals surface area contributed by atoms with Crippen LogP contribution < -0.4 is 11.2 Å². The molecule has 16 heavy (non-hydrogen) atoms. The molecular formula is C10H6N2O3S. The third-order valence-corrected chi connectivity index (χ3v) is 3.57. The predicted molar refractivity (Wildman–Crippen MR) is 61.4 cm³/mol. The molecule has 1 aromatic carbocycles. The van der Waals surface area contributed by atoms with Crippen LogP contribution in [0.1, 0.15) is 0 Å². The first-order valence-electron chi connectivity index (χ1n) is 4.54. The first-order chi connectivity index (χ1) is 7.68. The summed E-state index contributed by atoms with van der Waals surface area (Å²) in [6.45, 7) is 0. The number of aromatic amines is 1. The van der Waals surface area contributed by atoms with Gasteiger partial charge in [0.25, 0.3) is 0 Å². The monoisotopic (exact) mass is 234 g/mol. The van der Waals surface area contributed by atoms with E-state index in [1.807, 2.05) is 24.3 Å². The van der Waals surface area contributed by atoms with Crippen LogP contribution in [0.5, 0.6) is 0 Å². The zero-order valence-corrected chi connectivity index (χ0v) is 8.75. The molecule has 3 aromatic rings. The number of nitrogens with zero attached hydrogens (tertiary/aromatic N) is 1. The Balaban J connectivity index is 2.72. The molecule has 0 aliphatic rings. The van der Waals surface area contributed by atoms with E-state index in [0.717, 1.165) is 10.1 Å². The number of hydrogen-bond acceptors (Lipinski definition) is 4. The van der Waals surface area contributed by atoms with Crippen molar-refractivity contribution in [1.82, 2.24) is 9.71 Å². The average Bonchev–Trinajstić information content (AvgIpc) is 2.65. The van der Waals surface area contributed by atoms with Gasteiger partial charge >= 0.3 is 11.2 Å². The van der Waals surface area contributed by atoms with E-state index in [-0.39, 0.29) is 4.73 Å². The Bertz CT molecular complexity index is 812. The highest BCUT2D eigenvalue weighted by Gasteiger charge is 2.11. The van der Waals surface area contributed by atoms with Crippen molar-refractivity contribution in [3.8, 4) is 0 Å². The van der Waals surface area contributed by atoms with E-state index in [0.29, 0.717) is 10.2 Å². The van der Waals surface area contributed by atoms with Gasteiger partial charge in [0.15, 0.2) is 0 Å². The lowest BCUT2D eigenvalue weighted by Crippen LogP contribution is -2.32. The summed E-state index contributed by atoms with van der Waals surface area (Å²) in [6.07, 6.45) is 0. The Hall–Kier alpha value is -2.08. The normalized spacial score (nSPS) is 11.2. The molecule has 0 aliphatic heterocycles. The molecule has 80 valence electrons. The molecule has 0 atom stereocenters. The van der Waals surface area contributed by atoms with Gasteiger partial charge in [-0.25, -0.2) is 4.79 Å². The molecule has 2 heterocycles. The summed E-state index contributed by atoms with van der Waals surface area (Å²) in [6, 6.07) is 7.37. The van der Waals surface area contributed by atoms with Crippen molar-refractivity contribution in [3.05, 3.63) is 45.1 Å². The maximum atomic E-state index is 11.6. The van der Waals surface area contributed by atoms with Gasteiger partial charge in [-0.1, -0.05) is 22.9 Å². The number of benzene rings is 1. The molecule has 0 amide bonds. The van der Waals surface area contributed by atoms with Gasteiger partial charge in [0.05, 0.1) is 5.52 Å². The van der Waals surface area contributed by atoms with Crippen molar-refractivity contribution in [3.63, 3.8) is 0 Å². The molecule has 3 rings (SSSR count). The Morgan fingerprint density at radius 3 is 2.81 bits per heavy atom. The first-order valence-corrected chi connectivity index (χ1v) is 5.36. The van der Waals surface area contributed by atoms with Crippen molar-refractivity contribution >= 4 is 31.6 Å². The molecule has 0 saturated carbocycles. The number of nitrogens with one attached hydrogen (secondary N) is 1. The fourth-order valence-corrected chi connectivity index (χ4v) is 2.75. The van der Waals surface area contributed by atoms with Gasteiger partial charge in [-0.15, -0.1) is 11.3 Å². The number of rotatable bonds is 0. The van der Waals surface area contributed by atoms with E-state index < -0.39 is 11.2 Å². The van der Waals surface area contributed by atoms with Crippen LogP contribution in [0.25, 0.3) is 20.3 Å². The molecule has 0 radical (unpaired) electrons. The van der Waals surface area contributed by atoms with Crippen LogP contribution >= 0.6 is 11.3 Å². The molecule has 0 spiro atoms. The van der Waals surface area contributed by atoms with E-state index in [4.69, 9.17) is 0 Å². The van der Waals surface area contributed by atoms with E-state index in [1.165, 1.54) is 11.3 Å². The fraction of sp³-hybridized carbons (Fsp3) is 0. The minimum Gasteiger partial charge on any atom is -0.421 e. The van der Waals surface area contributed by atoms with Crippen molar-refractivity contribution in [2.24, 2.45) is 0 Å². The molecular weight excluding hydrogens is 228 g/mol. The third-order valence-electron chi connectivity index (χ3n) is 2.41. The second kappa shape index (κ2) is 2.96. The van der Waals surface area contributed by atoms with Crippen LogP contribution in [-0.4, -0.2) is 14.9 Å². The Kier molecular flexibility index (Phi) is 1.69. The molecule has 0 fully saturated rings. The standard InChI is InChI=1S/C10H6N2O3S/c13-9-8-7(11-10(14)12(9)15)5-3-1-2-4-6(5)16-8/h1-4,15H,(H,11,14). The van der Waals surface area contributed by atoms with Crippen molar-refractivity contribution < 1.29 is 5.21 Å². The highest BCUT2D eigenvalue weighted by atomic mass is 32.1. The largest absolute Gasteiger partial charge is 0.421 e. The predicted octanol–water partition coefficient (Wildman–Crippen LogP) is 1.14. The molecule has 0 bridgehead atoms. The maximum absolute atomic E-state index is 11.6. The van der Waals surface area contributed by atoms with E-state index in [1.54, 1.807) is 0 Å². The minimum atomic E-state index is -0.818. The van der Waals surface area contributed by atoms with Gasteiger partial charge < -0.3 is 10.2 Å². The second-order valence-corrected chi connectivity index (χ2v) is 4.40. The lowest BCUT2D eigenvalue weighted by Gasteiger charge is -1.94. The van der Waals surface area contributed by atoms with Crippen LogP contribution in [-0.2, 0) is 0 Å². The van der Waals surface area contributed by atoms with Gasteiger partial charge in [0.2, 0.25) is 0 Å². The Morgan fingerprint density at radius 2 is 2.00 bits per heavy atom. The molecule has 5 nitrogen and oxygen atoms in total. The highest BCUT2D eigenvalue weighted by Crippen LogP contribution is 2.28. The van der Waals surface area contributed by atoms with Gasteiger partial charge in [0.1, 0.15) is 4.70 Å². The fourth-order valence-electron chi connectivity index (χ4n) is 1.67. The molecule has 6 heteroatoms. The third kappa shape index (κ3) is 1.04. The van der Waals surface area contributed by atoms with Gasteiger partial charge in [-0.05, 0) is 6.07 Å². The summed E-state index contributed by atoms with van der Waals surface area (Å²) >= 11 is 1.25. The Labute approximate surface area is 92.2 Å². The lowest BCUT2D eigenvalue weighted by molar-refractivity contribution is 0.163. The van der Waals surface area contributed by atoms with E-state index >= 15 is 0 Å². The SMILES string of the molecule is O=c1[nH]c2c(sc3ccccc32)c(=O)n1O. The van der Waals surface area contributed by atoms with Crippen LogP contribution in [0.4, 0.5) is 0 Å². The summed E-state index contributed by atoms with van der Waals surface area (Å²) in [5.41, 5.74) is -1.01. The minimum absolute atomic E-state index is 0.0950. The summed E-state index contributed by atoms with van der Waals surface area (Å²) < 4.78 is 1.34. The van der Waals surface area contributed by atoms with Crippen molar-refractivity contribution in [2.45, 2.75) is 0 Å². The summed E-state index contributed by atoms with van der Waals surface area (Å²) in [7, 11) is 0. The second-order valence-electron chi connectivity index (χ2n) is 3.35. The van der Waals surface area contributed by atoms with Crippen molar-refractivity contribution in [2.75, 3.05) is 0 Å². The summed E-state index contributed by atoms with van der Waals surface area (Å²) in [4.78, 5) is 25.4. The van der Waals surface area contributed by atoms with Crippen LogP contribution in [0.15, 0.2) is 33.9 Å². The lowest BCUT2D eigenvalue weighted by atomic mass is 10.2. The maximum Gasteiger partial charge on any atom is 0.362 e. The number of H-pyrrole nitrogens is 1. The van der Waals surface area contributed by atoms with E-state index in [2.05, 4.69) is 4.98 Å². The average molecular weight is 234 g/mol. The zero-order valence-electron chi connectivity index (χ0n) is 7.93. The van der Waals surface area contributed by atoms with Crippen LogP contribution in [0, 0.1) is 0 Å². The molecule has 0 unspecified atom stereocenters. The topological polar surface area (TPSA) is 75.1 Å². The number of fused-ring (bicyclic) bond motifs is 3. The molecule has 2 N–H and O–H groups in total. The molecule has 0 saturated heterocycles. The number of hydrogen-bond donors (Lipinski definition) is 2. The molecule has 0 aliphatic carbocycles. The van der Waals surface area contributed by atoms with Crippen LogP contribution in [0.3, 0.4) is 0 Å². The number of aromatic nitrogens is 2. The zero-order chi connectivity index (χ0) is 11.3. The summed E-state index contributed by atoms with van der Waals surface area (Å²) in [5, 5.41) is 10.0. The first kappa shape index (κ1) is 9.17. The molecule has 2 aromatic heterocycles. The number of thiophene rings is 1. The van der Waals surface area contributed by atoms with Gasteiger partial charge in [0, 0.05) is 10.1 Å². The Morgan fingerprint density at radius 1 is 1.25 bits per heavy atom. The highest BCUT2D eigenvalue weighted by molar-refractivity contribution is 7.25. The summed E-state index contributed by atoms with van der Waals surface area (Å²) in [5.74, 6) is 0. The van der Waals surface area contributed by atoms with Crippen LogP contribution in [0.2, 0.25) is 0 Å². The van der Waals surface area contributed by atoms with Gasteiger partial charge in [-0.2, -0.15) is 0 Å². The van der Waals surface area contributed by atoms with E-state index in [9.17, 15) is 14.8 Å².